The van der Waals surface area contributed by atoms with Crippen molar-refractivity contribution in [3.63, 3.8) is 0 Å². The van der Waals surface area contributed by atoms with Crippen molar-refractivity contribution in [1.29, 1.82) is 0 Å². The third-order valence-electron chi connectivity index (χ3n) is 2.15. The molecule has 1 heterocycles. The summed E-state index contributed by atoms with van der Waals surface area (Å²) < 4.78 is 10.8. The normalized spacial score (nSPS) is 12.7. The molecule has 1 amide bonds. The lowest BCUT2D eigenvalue weighted by molar-refractivity contribution is 0.0943. The zero-order valence-corrected chi connectivity index (χ0v) is 11.1. The van der Waals surface area contributed by atoms with Crippen molar-refractivity contribution in [2.24, 2.45) is 0 Å². The van der Waals surface area contributed by atoms with Crippen LogP contribution in [-0.2, 0) is 10.8 Å². The third kappa shape index (κ3) is 4.64. The van der Waals surface area contributed by atoms with E-state index in [1.807, 2.05) is 13.8 Å². The molecular weight excluding hydrogens is 240 g/mol. The number of carbonyl (C=O) groups is 1. The SMILES string of the molecule is CC(C)c1nc(C(=O)NCCCS(C)=O)n[nH]1. The number of hydrogen-bond donors (Lipinski definition) is 2. The first-order valence-electron chi connectivity index (χ1n) is 5.51. The fourth-order valence-electron chi connectivity index (χ4n) is 1.19. The van der Waals surface area contributed by atoms with E-state index in [1.54, 1.807) is 6.26 Å². The Balaban J connectivity index is 2.39. The van der Waals surface area contributed by atoms with Gasteiger partial charge < -0.3 is 5.32 Å². The second-order valence-electron chi connectivity index (χ2n) is 4.09. The highest BCUT2D eigenvalue weighted by molar-refractivity contribution is 7.84. The Morgan fingerprint density at radius 2 is 2.24 bits per heavy atom. The van der Waals surface area contributed by atoms with Crippen LogP contribution in [0.2, 0.25) is 0 Å². The van der Waals surface area contributed by atoms with Crippen LogP contribution in [0, 0.1) is 0 Å². The first-order valence-corrected chi connectivity index (χ1v) is 7.24. The van der Waals surface area contributed by atoms with Crippen LogP contribution in [0.25, 0.3) is 0 Å². The molecule has 1 rings (SSSR count). The predicted molar refractivity (Wildman–Crippen MR) is 66.4 cm³/mol. The molecule has 96 valence electrons. The Morgan fingerprint density at radius 3 is 2.76 bits per heavy atom. The first kappa shape index (κ1) is 13.8. The maximum absolute atomic E-state index is 11.6. The van der Waals surface area contributed by atoms with Crippen LogP contribution < -0.4 is 5.32 Å². The number of nitrogens with one attached hydrogen (secondary N) is 2. The monoisotopic (exact) mass is 258 g/mol. The van der Waals surface area contributed by atoms with Crippen molar-refractivity contribution in [1.82, 2.24) is 20.5 Å². The molecule has 17 heavy (non-hydrogen) atoms. The van der Waals surface area contributed by atoms with Gasteiger partial charge in [0, 0.05) is 35.3 Å². The van der Waals surface area contributed by atoms with Gasteiger partial charge in [0.1, 0.15) is 5.82 Å². The number of aromatic nitrogens is 3. The molecule has 1 aromatic heterocycles. The summed E-state index contributed by atoms with van der Waals surface area (Å²) in [6, 6.07) is 0. The fraction of sp³-hybridized carbons (Fsp3) is 0.700. The molecule has 0 fully saturated rings. The molecule has 0 aromatic carbocycles. The van der Waals surface area contributed by atoms with Gasteiger partial charge in [-0.3, -0.25) is 14.1 Å². The highest BCUT2D eigenvalue weighted by Gasteiger charge is 2.13. The molecule has 1 aromatic rings. The average molecular weight is 258 g/mol. The van der Waals surface area contributed by atoms with E-state index < -0.39 is 10.8 Å². The molecule has 0 aliphatic rings. The van der Waals surface area contributed by atoms with Gasteiger partial charge in [-0.25, -0.2) is 4.98 Å². The van der Waals surface area contributed by atoms with E-state index in [1.165, 1.54) is 0 Å². The van der Waals surface area contributed by atoms with Crippen LogP contribution in [0.15, 0.2) is 0 Å². The number of rotatable bonds is 6. The second-order valence-corrected chi connectivity index (χ2v) is 5.64. The molecule has 1 atom stereocenters. The van der Waals surface area contributed by atoms with Crippen LogP contribution >= 0.6 is 0 Å². The van der Waals surface area contributed by atoms with Gasteiger partial charge in [0.05, 0.1) is 0 Å². The largest absolute Gasteiger partial charge is 0.349 e. The lowest BCUT2D eigenvalue weighted by Crippen LogP contribution is -2.26. The number of amides is 1. The first-order chi connectivity index (χ1) is 8.00. The summed E-state index contributed by atoms with van der Waals surface area (Å²) in [5.74, 6) is 1.36. The summed E-state index contributed by atoms with van der Waals surface area (Å²) in [4.78, 5) is 15.7. The van der Waals surface area contributed by atoms with Crippen LogP contribution in [-0.4, -0.2) is 43.9 Å². The topological polar surface area (TPSA) is 87.7 Å². The van der Waals surface area contributed by atoms with Crippen molar-refractivity contribution < 1.29 is 9.00 Å². The Bertz CT molecular complexity index is 403. The Kier molecular flexibility index (Phi) is 5.27. The van der Waals surface area contributed by atoms with E-state index in [0.717, 1.165) is 0 Å². The van der Waals surface area contributed by atoms with Gasteiger partial charge in [0.2, 0.25) is 5.82 Å². The zero-order valence-electron chi connectivity index (χ0n) is 10.3. The van der Waals surface area contributed by atoms with Crippen LogP contribution in [0.5, 0.6) is 0 Å². The number of nitrogens with zero attached hydrogens (tertiary/aromatic N) is 2. The molecule has 0 bridgehead atoms. The fourth-order valence-corrected chi connectivity index (χ4v) is 1.74. The summed E-state index contributed by atoms with van der Waals surface area (Å²) in [5, 5.41) is 9.26. The summed E-state index contributed by atoms with van der Waals surface area (Å²) in [7, 11) is -0.816. The van der Waals surface area contributed by atoms with E-state index in [-0.39, 0.29) is 17.6 Å². The van der Waals surface area contributed by atoms with Gasteiger partial charge in [0.25, 0.3) is 5.91 Å². The highest BCUT2D eigenvalue weighted by atomic mass is 32.2. The van der Waals surface area contributed by atoms with Gasteiger partial charge in [-0.2, -0.15) is 0 Å². The van der Waals surface area contributed by atoms with E-state index in [2.05, 4.69) is 20.5 Å². The Morgan fingerprint density at radius 1 is 1.53 bits per heavy atom. The lowest BCUT2D eigenvalue weighted by Gasteiger charge is -2.00. The van der Waals surface area contributed by atoms with Crippen molar-refractivity contribution >= 4 is 16.7 Å². The Hall–Kier alpha value is -1.24. The minimum absolute atomic E-state index is 0.159. The molecule has 7 heteroatoms. The maximum Gasteiger partial charge on any atom is 0.290 e. The molecule has 0 aliphatic heterocycles. The quantitative estimate of drug-likeness (QED) is 0.724. The van der Waals surface area contributed by atoms with Crippen LogP contribution in [0.3, 0.4) is 0 Å². The highest BCUT2D eigenvalue weighted by Crippen LogP contribution is 2.07. The lowest BCUT2D eigenvalue weighted by atomic mass is 10.2. The predicted octanol–water partition coefficient (Wildman–Crippen LogP) is 0.426. The Labute approximate surface area is 103 Å². The standard InChI is InChI=1S/C10H18N4O2S/c1-7(2)8-12-9(14-13-8)10(15)11-5-4-6-17(3)16/h7H,4-6H2,1-3H3,(H,11,15)(H,12,13,14). The smallest absolute Gasteiger partial charge is 0.290 e. The maximum atomic E-state index is 11.6. The van der Waals surface area contributed by atoms with Gasteiger partial charge >= 0.3 is 0 Å². The molecule has 6 nitrogen and oxygen atoms in total. The summed E-state index contributed by atoms with van der Waals surface area (Å²) in [5.41, 5.74) is 0. The number of carbonyl (C=O) groups excluding carboxylic acids is 1. The average Bonchev–Trinajstić information content (AvgIpc) is 2.73. The van der Waals surface area contributed by atoms with Gasteiger partial charge in [-0.1, -0.05) is 13.8 Å². The molecule has 0 aliphatic carbocycles. The number of aromatic amines is 1. The van der Waals surface area contributed by atoms with E-state index >= 15 is 0 Å². The zero-order chi connectivity index (χ0) is 12.8. The molecular formula is C10H18N4O2S. The number of hydrogen-bond acceptors (Lipinski definition) is 4. The van der Waals surface area contributed by atoms with Crippen LogP contribution in [0.1, 0.15) is 42.6 Å². The van der Waals surface area contributed by atoms with Gasteiger partial charge in [-0.15, -0.1) is 5.10 Å². The summed E-state index contributed by atoms with van der Waals surface area (Å²) in [6.45, 7) is 4.43. The van der Waals surface area contributed by atoms with Crippen molar-refractivity contribution in [2.75, 3.05) is 18.6 Å². The summed E-state index contributed by atoms with van der Waals surface area (Å²) in [6.07, 6.45) is 2.34. The molecule has 1 unspecified atom stereocenters. The van der Waals surface area contributed by atoms with E-state index in [9.17, 15) is 9.00 Å². The van der Waals surface area contributed by atoms with Crippen molar-refractivity contribution in [3.8, 4) is 0 Å². The molecule has 0 saturated carbocycles. The second kappa shape index (κ2) is 6.48. The minimum atomic E-state index is -0.816. The van der Waals surface area contributed by atoms with E-state index in [4.69, 9.17) is 0 Å². The number of H-pyrrole nitrogens is 1. The summed E-state index contributed by atoms with van der Waals surface area (Å²) >= 11 is 0. The molecule has 0 radical (unpaired) electrons. The minimum Gasteiger partial charge on any atom is -0.349 e. The van der Waals surface area contributed by atoms with Crippen molar-refractivity contribution in [2.45, 2.75) is 26.2 Å². The van der Waals surface area contributed by atoms with E-state index in [0.29, 0.717) is 24.5 Å². The van der Waals surface area contributed by atoms with Crippen molar-refractivity contribution in [3.05, 3.63) is 11.6 Å². The third-order valence-corrected chi connectivity index (χ3v) is 3.01. The van der Waals surface area contributed by atoms with Gasteiger partial charge in [-0.05, 0) is 6.42 Å². The molecule has 0 saturated heterocycles. The van der Waals surface area contributed by atoms with Crippen LogP contribution in [0.4, 0.5) is 0 Å². The van der Waals surface area contributed by atoms with Gasteiger partial charge in [0.15, 0.2) is 0 Å². The molecule has 2 N–H and O–H groups in total. The molecule has 0 spiro atoms.